The summed E-state index contributed by atoms with van der Waals surface area (Å²) in [7, 11) is 0. The van der Waals surface area contributed by atoms with Crippen molar-refractivity contribution in [3.05, 3.63) is 0 Å². The third-order valence-electron chi connectivity index (χ3n) is 0.732. The largest absolute Gasteiger partial charge is 0.378 e. The van der Waals surface area contributed by atoms with E-state index >= 15 is 0 Å². The quantitative estimate of drug-likeness (QED) is 0.436. The van der Waals surface area contributed by atoms with Crippen LogP contribution < -0.4 is 0 Å². The van der Waals surface area contributed by atoms with Crippen molar-refractivity contribution in [2.24, 2.45) is 9.98 Å². The van der Waals surface area contributed by atoms with Crippen molar-refractivity contribution in [2.45, 2.75) is 6.10 Å². The van der Waals surface area contributed by atoms with Gasteiger partial charge in [-0.1, -0.05) is 0 Å². The Morgan fingerprint density at radius 1 is 1.75 bits per heavy atom. The second kappa shape index (κ2) is 1.83. The highest BCUT2D eigenvalue weighted by molar-refractivity contribution is 6.04. The molecule has 1 aliphatic heterocycles. The maximum atomic E-state index is 10.3. The van der Waals surface area contributed by atoms with Crippen LogP contribution in [-0.2, 0) is 4.79 Å². The van der Waals surface area contributed by atoms with Crippen molar-refractivity contribution in [2.75, 3.05) is 0 Å². The van der Waals surface area contributed by atoms with E-state index < -0.39 is 12.0 Å². The van der Waals surface area contributed by atoms with Crippen LogP contribution in [0.5, 0.6) is 0 Å². The molecule has 1 atom stereocenters. The molecule has 8 heavy (non-hydrogen) atoms. The van der Waals surface area contributed by atoms with Gasteiger partial charge in [-0.3, -0.25) is 4.79 Å². The number of aliphatic hydroxyl groups is 1. The smallest absolute Gasteiger partial charge is 0.281 e. The fourth-order valence-electron chi connectivity index (χ4n) is 0.350. The lowest BCUT2D eigenvalue weighted by Gasteiger charge is -1.98. The Hall–Kier alpha value is -1.03. The summed E-state index contributed by atoms with van der Waals surface area (Å²) >= 11 is 0. The maximum Gasteiger partial charge on any atom is 0.281 e. The lowest BCUT2D eigenvalue weighted by Crippen LogP contribution is -2.22. The summed E-state index contributed by atoms with van der Waals surface area (Å²) < 4.78 is 0. The number of aliphatic imine (C=N–C) groups is 2. The predicted molar refractivity (Wildman–Crippen MR) is 28.0 cm³/mol. The van der Waals surface area contributed by atoms with E-state index in [4.69, 9.17) is 5.11 Å². The predicted octanol–water partition coefficient (Wildman–Crippen LogP) is -1.01. The third-order valence-corrected chi connectivity index (χ3v) is 0.732. The fourth-order valence-corrected chi connectivity index (χ4v) is 0.350. The topological polar surface area (TPSA) is 62.0 Å². The van der Waals surface area contributed by atoms with E-state index in [2.05, 4.69) is 9.98 Å². The highest BCUT2D eigenvalue weighted by Crippen LogP contribution is 1.87. The summed E-state index contributed by atoms with van der Waals surface area (Å²) in [5, 5.41) is 8.57. The summed E-state index contributed by atoms with van der Waals surface area (Å²) in [6.45, 7) is 0. The summed E-state index contributed by atoms with van der Waals surface area (Å²) in [4.78, 5) is 16.9. The second-order valence-corrected chi connectivity index (χ2v) is 1.33. The average molecular weight is 112 g/mol. The number of amides is 1. The Kier molecular flexibility index (Phi) is 1.17. The monoisotopic (exact) mass is 112 g/mol. The van der Waals surface area contributed by atoms with Gasteiger partial charge in [-0.2, -0.15) is 4.99 Å². The Morgan fingerprint density at radius 2 is 2.50 bits per heavy atom. The number of carbonyl (C=O) groups excluding carboxylic acids is 1. The average Bonchev–Trinajstić information content (AvgIpc) is 1.77. The number of rotatable bonds is 0. The zero-order chi connectivity index (χ0) is 5.98. The molecule has 0 spiro atoms. The molecule has 1 N–H and O–H groups in total. The molecule has 42 valence electrons. The molecule has 0 aromatic carbocycles. The van der Waals surface area contributed by atoms with Gasteiger partial charge >= 0.3 is 0 Å². The molecule has 0 radical (unpaired) electrons. The van der Waals surface area contributed by atoms with E-state index in [-0.39, 0.29) is 0 Å². The van der Waals surface area contributed by atoms with E-state index in [1.807, 2.05) is 0 Å². The van der Waals surface area contributed by atoms with Gasteiger partial charge in [0.15, 0.2) is 6.10 Å². The van der Waals surface area contributed by atoms with Crippen molar-refractivity contribution >= 4 is 18.5 Å². The molecule has 1 heterocycles. The van der Waals surface area contributed by atoms with Crippen LogP contribution >= 0.6 is 0 Å². The molecule has 0 bridgehead atoms. The highest BCUT2D eigenvalue weighted by Gasteiger charge is 2.11. The minimum Gasteiger partial charge on any atom is -0.378 e. The second-order valence-electron chi connectivity index (χ2n) is 1.33. The van der Waals surface area contributed by atoms with Crippen LogP contribution in [0.1, 0.15) is 0 Å². The number of carbonyl (C=O) groups is 1. The lowest BCUT2D eigenvalue weighted by atomic mass is 10.3. The highest BCUT2D eigenvalue weighted by atomic mass is 16.3. The minimum absolute atomic E-state index is 0.556. The van der Waals surface area contributed by atoms with Crippen LogP contribution in [-0.4, -0.2) is 29.7 Å². The Bertz CT molecular complexity index is 161. The normalized spacial score (nSPS) is 26.6. The molecule has 0 fully saturated rings. The van der Waals surface area contributed by atoms with E-state index in [9.17, 15) is 4.79 Å². The van der Waals surface area contributed by atoms with Gasteiger partial charge in [0.1, 0.15) is 6.34 Å². The Balaban J connectivity index is 2.74. The molecule has 0 saturated carbocycles. The molecule has 0 aromatic rings. The molecule has 1 unspecified atom stereocenters. The van der Waals surface area contributed by atoms with Crippen molar-refractivity contribution in [3.63, 3.8) is 0 Å². The van der Waals surface area contributed by atoms with Gasteiger partial charge in [0.25, 0.3) is 5.91 Å². The van der Waals surface area contributed by atoms with Gasteiger partial charge in [-0.25, -0.2) is 4.99 Å². The molecular formula is C4H4N2O2. The van der Waals surface area contributed by atoms with Crippen molar-refractivity contribution in [1.82, 2.24) is 0 Å². The minimum atomic E-state index is -1.13. The molecule has 0 aromatic heterocycles. The number of hydrogen-bond donors (Lipinski definition) is 1. The van der Waals surface area contributed by atoms with Crippen LogP contribution in [0.4, 0.5) is 0 Å². The fraction of sp³-hybridized carbons (Fsp3) is 0.250. The van der Waals surface area contributed by atoms with Crippen LogP contribution in [0.15, 0.2) is 9.98 Å². The first-order chi connectivity index (χ1) is 3.80. The first-order valence-corrected chi connectivity index (χ1v) is 2.08. The summed E-state index contributed by atoms with van der Waals surface area (Å²) in [5.74, 6) is -0.556. The standard InChI is InChI=1S/C4H4N2O2/c7-3-1-5-2-6-4(3)8/h1-3,7H. The van der Waals surface area contributed by atoms with Gasteiger partial charge < -0.3 is 5.11 Å². The summed E-state index contributed by atoms with van der Waals surface area (Å²) in [6, 6.07) is 0. The van der Waals surface area contributed by atoms with Crippen LogP contribution in [0, 0.1) is 0 Å². The number of nitrogens with zero attached hydrogens (tertiary/aromatic N) is 2. The van der Waals surface area contributed by atoms with Gasteiger partial charge in [0.2, 0.25) is 0 Å². The lowest BCUT2D eigenvalue weighted by molar-refractivity contribution is -0.122. The SMILES string of the molecule is O=C1N=CN=CC1O. The van der Waals surface area contributed by atoms with E-state index in [1.165, 1.54) is 0 Å². The molecule has 1 rings (SSSR count). The first-order valence-electron chi connectivity index (χ1n) is 2.08. The number of hydrogen-bond acceptors (Lipinski definition) is 3. The zero-order valence-corrected chi connectivity index (χ0v) is 3.98. The Morgan fingerprint density at radius 3 is 2.88 bits per heavy atom. The van der Waals surface area contributed by atoms with Crippen molar-refractivity contribution < 1.29 is 9.90 Å². The molecule has 4 heteroatoms. The maximum absolute atomic E-state index is 10.3. The van der Waals surface area contributed by atoms with Gasteiger partial charge in [0.05, 0.1) is 0 Å². The van der Waals surface area contributed by atoms with Crippen LogP contribution in [0.25, 0.3) is 0 Å². The third kappa shape index (κ3) is 0.788. The molecule has 1 amide bonds. The molecule has 4 nitrogen and oxygen atoms in total. The van der Waals surface area contributed by atoms with Gasteiger partial charge in [0, 0.05) is 6.21 Å². The first kappa shape index (κ1) is 5.11. The molecule has 0 saturated heterocycles. The van der Waals surface area contributed by atoms with E-state index in [1.54, 1.807) is 0 Å². The van der Waals surface area contributed by atoms with E-state index in [0.717, 1.165) is 12.6 Å². The van der Waals surface area contributed by atoms with Crippen molar-refractivity contribution in [3.8, 4) is 0 Å². The molecule has 0 aliphatic carbocycles. The molecule has 1 aliphatic rings. The number of aliphatic hydroxyl groups excluding tert-OH is 1. The van der Waals surface area contributed by atoms with Crippen molar-refractivity contribution in [1.29, 1.82) is 0 Å². The van der Waals surface area contributed by atoms with E-state index in [0.29, 0.717) is 0 Å². The Labute approximate surface area is 45.6 Å². The zero-order valence-electron chi connectivity index (χ0n) is 3.98. The molecular weight excluding hydrogens is 108 g/mol. The van der Waals surface area contributed by atoms with Crippen LogP contribution in [0.2, 0.25) is 0 Å². The van der Waals surface area contributed by atoms with Gasteiger partial charge in [-0.05, 0) is 0 Å². The summed E-state index contributed by atoms with van der Waals surface area (Å²) in [5.41, 5.74) is 0. The summed E-state index contributed by atoms with van der Waals surface area (Å²) in [6.07, 6.45) is 1.12. The van der Waals surface area contributed by atoms with Gasteiger partial charge in [-0.15, -0.1) is 0 Å². The van der Waals surface area contributed by atoms with Crippen LogP contribution in [0.3, 0.4) is 0 Å².